The summed E-state index contributed by atoms with van der Waals surface area (Å²) in [5.41, 5.74) is 4.35. The Hall–Kier alpha value is -4.78. The van der Waals surface area contributed by atoms with Crippen molar-refractivity contribution >= 4 is 24.2 Å². The lowest BCUT2D eigenvalue weighted by Crippen LogP contribution is -2.45. The summed E-state index contributed by atoms with van der Waals surface area (Å²) < 4.78 is 26.7. The summed E-state index contributed by atoms with van der Waals surface area (Å²) in [5.74, 6) is 0.0342. The third kappa shape index (κ3) is 8.60. The van der Waals surface area contributed by atoms with E-state index < -0.39 is 30.2 Å². The summed E-state index contributed by atoms with van der Waals surface area (Å²) in [6.07, 6.45) is 0.250. The number of rotatable bonds is 14. The van der Waals surface area contributed by atoms with Gasteiger partial charge in [0.2, 0.25) is 0 Å². The number of nitrogens with one attached hydrogen (secondary N) is 3. The molecule has 3 rings (SSSR count). The molecule has 0 saturated carbocycles. The highest BCUT2D eigenvalue weighted by Crippen LogP contribution is 2.34. The molecule has 1 heterocycles. The molecule has 1 aliphatic heterocycles. The van der Waals surface area contributed by atoms with E-state index in [1.807, 2.05) is 0 Å². The fourth-order valence-corrected chi connectivity index (χ4v) is 3.87. The van der Waals surface area contributed by atoms with Crippen molar-refractivity contribution in [2.24, 2.45) is 5.10 Å². The second kappa shape index (κ2) is 15.1. The molecule has 0 aliphatic carbocycles. The van der Waals surface area contributed by atoms with Crippen LogP contribution in [-0.2, 0) is 19.1 Å². The molecule has 13 nitrogen and oxygen atoms in total. The first-order valence-corrected chi connectivity index (χ1v) is 12.9. The van der Waals surface area contributed by atoms with Crippen LogP contribution in [0.5, 0.6) is 17.2 Å². The van der Waals surface area contributed by atoms with Crippen molar-refractivity contribution in [1.29, 1.82) is 0 Å². The highest BCUT2D eigenvalue weighted by molar-refractivity contribution is 5.95. The van der Waals surface area contributed by atoms with E-state index in [0.717, 1.165) is 0 Å². The molecule has 4 N–H and O–H groups in total. The van der Waals surface area contributed by atoms with Crippen molar-refractivity contribution in [2.75, 3.05) is 33.5 Å². The van der Waals surface area contributed by atoms with Crippen LogP contribution >= 0.6 is 0 Å². The van der Waals surface area contributed by atoms with Crippen molar-refractivity contribution in [2.45, 2.75) is 33.0 Å². The predicted octanol–water partition coefficient (Wildman–Crippen LogP) is 2.15. The van der Waals surface area contributed by atoms with Crippen molar-refractivity contribution in [1.82, 2.24) is 16.1 Å². The normalized spacial score (nSPS) is 15.4. The number of methoxy groups -OCH3 is 1. The van der Waals surface area contributed by atoms with Crippen LogP contribution < -0.4 is 30.3 Å². The zero-order chi connectivity index (χ0) is 29.8. The van der Waals surface area contributed by atoms with Crippen LogP contribution in [0.3, 0.4) is 0 Å². The Morgan fingerprint density at radius 2 is 1.85 bits per heavy atom. The third-order valence-electron chi connectivity index (χ3n) is 5.67. The van der Waals surface area contributed by atoms with Crippen LogP contribution in [0.1, 0.15) is 37.9 Å². The molecule has 0 fully saturated rings. The van der Waals surface area contributed by atoms with E-state index in [1.165, 1.54) is 13.3 Å². The van der Waals surface area contributed by atoms with E-state index in [2.05, 4.69) is 21.2 Å². The monoisotopic (exact) mass is 570 g/mol. The molecule has 2 aromatic carbocycles. The van der Waals surface area contributed by atoms with Gasteiger partial charge in [-0.3, -0.25) is 5.43 Å². The molecule has 0 saturated heterocycles. The molecule has 2 amide bonds. The lowest BCUT2D eigenvalue weighted by molar-refractivity contribution is -0.145. The van der Waals surface area contributed by atoms with Crippen LogP contribution in [0.4, 0.5) is 4.79 Å². The van der Waals surface area contributed by atoms with Crippen molar-refractivity contribution < 1.29 is 43.2 Å². The Kier molecular flexibility index (Phi) is 11.3. The number of esters is 2. The number of allylic oxidation sites excluding steroid dienone is 1. The Balaban J connectivity index is 1.65. The lowest BCUT2D eigenvalue weighted by Gasteiger charge is -2.28. The highest BCUT2D eigenvalue weighted by Gasteiger charge is 2.32. The minimum atomic E-state index is -1.19. The average molecular weight is 571 g/mol. The summed E-state index contributed by atoms with van der Waals surface area (Å²) >= 11 is 0. The van der Waals surface area contributed by atoms with Crippen LogP contribution in [0.25, 0.3) is 0 Å². The smallest absolute Gasteiger partial charge is 0.344 e. The average Bonchev–Trinajstić information content (AvgIpc) is 2.95. The molecule has 0 radical (unpaired) electrons. The first kappa shape index (κ1) is 30.8. The SMILES string of the molecule is CCOC(=O)COc1ccccc1/C=N/N[C@@H](O)COc1ccc([C@H]2NC(=O)NC(C)=C2C(=O)OC)cc1OCC. The number of para-hydroxylation sites is 1. The molecule has 0 spiro atoms. The van der Waals surface area contributed by atoms with Gasteiger partial charge in [-0.15, -0.1) is 0 Å². The number of amides is 2. The highest BCUT2D eigenvalue weighted by atomic mass is 16.6. The molecule has 41 heavy (non-hydrogen) atoms. The Morgan fingerprint density at radius 3 is 2.59 bits per heavy atom. The number of hydrogen-bond donors (Lipinski definition) is 4. The molecule has 2 atom stereocenters. The molecular formula is C28H34N4O9. The zero-order valence-corrected chi connectivity index (χ0v) is 23.3. The van der Waals surface area contributed by atoms with E-state index in [1.54, 1.807) is 63.2 Å². The number of hydrazone groups is 1. The summed E-state index contributed by atoms with van der Waals surface area (Å²) in [6, 6.07) is 10.7. The minimum absolute atomic E-state index is 0.186. The maximum Gasteiger partial charge on any atom is 0.344 e. The zero-order valence-electron chi connectivity index (χ0n) is 23.3. The minimum Gasteiger partial charge on any atom is -0.490 e. The molecule has 13 heteroatoms. The number of hydrogen-bond acceptors (Lipinski definition) is 11. The van der Waals surface area contributed by atoms with Gasteiger partial charge in [-0.05, 0) is 50.6 Å². The van der Waals surface area contributed by atoms with Gasteiger partial charge in [0.25, 0.3) is 0 Å². The standard InChI is InChI=1S/C28H34N4O9/c1-5-38-22-13-18(26-25(27(35)37-4)17(3)30-28(36)31-26)11-12-21(22)40-15-23(33)32-29-14-19-9-7-8-10-20(19)41-16-24(34)39-6-2/h7-14,23,26,32-33H,5-6,15-16H2,1-4H3,(H2,30,31,36)/b29-14+/t23-,26+/m0/s1. The molecule has 220 valence electrons. The van der Waals surface area contributed by atoms with E-state index in [4.69, 9.17) is 23.7 Å². The Morgan fingerprint density at radius 1 is 1.07 bits per heavy atom. The Bertz CT molecular complexity index is 1300. The number of carbonyl (C=O) groups excluding carboxylic acids is 3. The largest absolute Gasteiger partial charge is 0.490 e. The molecule has 0 aromatic heterocycles. The number of urea groups is 1. The maximum atomic E-state index is 12.4. The van der Waals surface area contributed by atoms with Gasteiger partial charge in [0.1, 0.15) is 12.4 Å². The van der Waals surface area contributed by atoms with E-state index >= 15 is 0 Å². The fraction of sp³-hybridized carbons (Fsp3) is 0.357. The fourth-order valence-electron chi connectivity index (χ4n) is 3.87. The quantitative estimate of drug-likeness (QED) is 0.114. The van der Waals surface area contributed by atoms with Gasteiger partial charge >= 0.3 is 18.0 Å². The van der Waals surface area contributed by atoms with Crippen molar-refractivity contribution in [3.63, 3.8) is 0 Å². The molecule has 2 aromatic rings. The number of nitrogens with zero attached hydrogens (tertiary/aromatic N) is 1. The maximum absolute atomic E-state index is 12.4. The molecule has 0 bridgehead atoms. The summed E-state index contributed by atoms with van der Waals surface area (Å²) in [7, 11) is 1.26. The van der Waals surface area contributed by atoms with Gasteiger partial charge in [0.15, 0.2) is 24.3 Å². The van der Waals surface area contributed by atoms with Crippen molar-refractivity contribution in [3.8, 4) is 17.2 Å². The van der Waals surface area contributed by atoms with E-state index in [0.29, 0.717) is 40.7 Å². The van der Waals surface area contributed by atoms with Gasteiger partial charge in [0, 0.05) is 11.3 Å². The van der Waals surface area contributed by atoms with Crippen LogP contribution in [0, 0.1) is 0 Å². The van der Waals surface area contributed by atoms with Crippen LogP contribution in [-0.4, -0.2) is 69.1 Å². The number of benzene rings is 2. The summed E-state index contributed by atoms with van der Waals surface area (Å²) in [6.45, 7) is 5.27. The second-order valence-electron chi connectivity index (χ2n) is 8.55. The molecule has 1 aliphatic rings. The third-order valence-corrected chi connectivity index (χ3v) is 5.67. The predicted molar refractivity (Wildman–Crippen MR) is 148 cm³/mol. The lowest BCUT2D eigenvalue weighted by atomic mass is 9.95. The topological polar surface area (TPSA) is 166 Å². The number of aliphatic hydroxyl groups is 1. The second-order valence-corrected chi connectivity index (χ2v) is 8.55. The van der Waals surface area contributed by atoms with Gasteiger partial charge in [-0.25, -0.2) is 14.4 Å². The summed E-state index contributed by atoms with van der Waals surface area (Å²) in [5, 5.41) is 19.7. The molecular weight excluding hydrogens is 536 g/mol. The van der Waals surface area contributed by atoms with Gasteiger partial charge in [0.05, 0.1) is 38.2 Å². The molecule has 0 unspecified atom stereocenters. The first-order chi connectivity index (χ1) is 19.8. The van der Waals surface area contributed by atoms with Gasteiger partial charge in [-0.1, -0.05) is 18.2 Å². The van der Waals surface area contributed by atoms with Crippen molar-refractivity contribution in [3.05, 3.63) is 64.9 Å². The van der Waals surface area contributed by atoms with Crippen LogP contribution in [0.15, 0.2) is 58.8 Å². The van der Waals surface area contributed by atoms with E-state index in [9.17, 15) is 19.5 Å². The number of ether oxygens (including phenoxy) is 5. The Labute approximate surface area is 237 Å². The summed E-state index contributed by atoms with van der Waals surface area (Å²) in [4.78, 5) is 36.1. The van der Waals surface area contributed by atoms with E-state index in [-0.39, 0.29) is 25.4 Å². The number of carbonyl (C=O) groups is 3. The van der Waals surface area contributed by atoms with Crippen LogP contribution in [0.2, 0.25) is 0 Å². The number of aliphatic hydroxyl groups excluding tert-OH is 1. The van der Waals surface area contributed by atoms with Gasteiger partial charge < -0.3 is 39.4 Å². The van der Waals surface area contributed by atoms with Gasteiger partial charge in [-0.2, -0.15) is 5.10 Å². The first-order valence-electron chi connectivity index (χ1n) is 12.9.